The van der Waals surface area contributed by atoms with Gasteiger partial charge in [0.15, 0.2) is 0 Å². The molecule has 7 aromatic carbocycles. The molecule has 0 fully saturated rings. The zero-order chi connectivity index (χ0) is 33.0. The van der Waals surface area contributed by atoms with Crippen LogP contribution in [0.3, 0.4) is 0 Å². The summed E-state index contributed by atoms with van der Waals surface area (Å²) in [7, 11) is 0. The molecule has 10 aromatic rings. The van der Waals surface area contributed by atoms with Gasteiger partial charge >= 0.3 is 0 Å². The van der Waals surface area contributed by atoms with Gasteiger partial charge in [0.1, 0.15) is 5.65 Å². The Labute approximate surface area is 290 Å². The Morgan fingerprint density at radius 3 is 1.68 bits per heavy atom. The quantitative estimate of drug-likeness (QED) is 0.184. The van der Waals surface area contributed by atoms with Gasteiger partial charge in [0.25, 0.3) is 0 Å². The Hall–Kier alpha value is -6.71. The van der Waals surface area contributed by atoms with Crippen LogP contribution < -0.4 is 0 Å². The van der Waals surface area contributed by atoms with Gasteiger partial charge in [-0.15, -0.1) is 0 Å². The minimum atomic E-state index is 0.956. The number of nitrogens with zero attached hydrogens (tertiary/aromatic N) is 3. The van der Waals surface area contributed by atoms with Gasteiger partial charge in [-0.3, -0.25) is 4.57 Å². The molecule has 0 amide bonds. The molecular formula is C47H31N3. The molecule has 0 saturated heterocycles. The molecule has 10 rings (SSSR count). The molecule has 0 aliphatic heterocycles. The molecule has 0 aliphatic carbocycles. The van der Waals surface area contributed by atoms with Crippen molar-refractivity contribution in [1.29, 1.82) is 0 Å². The third-order valence-corrected chi connectivity index (χ3v) is 9.96. The molecular weight excluding hydrogens is 607 g/mol. The summed E-state index contributed by atoms with van der Waals surface area (Å²) in [5.41, 5.74) is 13.9. The Morgan fingerprint density at radius 1 is 0.340 bits per heavy atom. The van der Waals surface area contributed by atoms with Crippen LogP contribution in [0.4, 0.5) is 0 Å². The summed E-state index contributed by atoms with van der Waals surface area (Å²) in [5, 5.41) is 4.82. The van der Waals surface area contributed by atoms with E-state index in [1.807, 2.05) is 12.3 Å². The van der Waals surface area contributed by atoms with Crippen LogP contribution in [0.25, 0.3) is 88.5 Å². The van der Waals surface area contributed by atoms with Crippen LogP contribution >= 0.6 is 0 Å². The van der Waals surface area contributed by atoms with Crippen LogP contribution in [-0.4, -0.2) is 14.1 Å². The molecule has 3 heterocycles. The van der Waals surface area contributed by atoms with Gasteiger partial charge in [-0.1, -0.05) is 127 Å². The van der Waals surface area contributed by atoms with Crippen LogP contribution in [-0.2, 0) is 0 Å². The van der Waals surface area contributed by atoms with Crippen molar-refractivity contribution in [2.45, 2.75) is 0 Å². The summed E-state index contributed by atoms with van der Waals surface area (Å²) >= 11 is 0. The maximum Gasteiger partial charge on any atom is 0.145 e. The van der Waals surface area contributed by atoms with Crippen molar-refractivity contribution in [1.82, 2.24) is 14.1 Å². The fourth-order valence-corrected chi connectivity index (χ4v) is 7.72. The minimum Gasteiger partial charge on any atom is -0.309 e. The highest BCUT2D eigenvalue weighted by molar-refractivity contribution is 6.17. The second-order valence-corrected chi connectivity index (χ2v) is 12.8. The van der Waals surface area contributed by atoms with E-state index < -0.39 is 0 Å². The van der Waals surface area contributed by atoms with E-state index >= 15 is 0 Å². The van der Waals surface area contributed by atoms with Crippen molar-refractivity contribution >= 4 is 43.7 Å². The fraction of sp³-hybridized carbons (Fsp3) is 0. The second kappa shape index (κ2) is 11.5. The summed E-state index contributed by atoms with van der Waals surface area (Å²) in [6.07, 6.45) is 1.89. The molecule has 3 heteroatoms. The molecule has 0 aliphatic rings. The first kappa shape index (κ1) is 28.3. The summed E-state index contributed by atoms with van der Waals surface area (Å²) in [6, 6.07) is 65.4. The lowest BCUT2D eigenvalue weighted by Gasteiger charge is -2.12. The number of hydrogen-bond donors (Lipinski definition) is 0. The number of fused-ring (bicyclic) bond motifs is 6. The second-order valence-electron chi connectivity index (χ2n) is 12.8. The van der Waals surface area contributed by atoms with E-state index in [2.05, 4.69) is 185 Å². The predicted molar refractivity (Wildman–Crippen MR) is 209 cm³/mol. The zero-order valence-electron chi connectivity index (χ0n) is 27.2. The molecule has 0 spiro atoms. The molecule has 0 bridgehead atoms. The van der Waals surface area contributed by atoms with Crippen LogP contribution in [0.15, 0.2) is 188 Å². The fourth-order valence-electron chi connectivity index (χ4n) is 7.72. The summed E-state index contributed by atoms with van der Waals surface area (Å²) in [5.74, 6) is 0. The highest BCUT2D eigenvalue weighted by atomic mass is 15.0. The van der Waals surface area contributed by atoms with E-state index in [1.165, 1.54) is 60.6 Å². The Bertz CT molecular complexity index is 2860. The molecule has 234 valence electrons. The molecule has 50 heavy (non-hydrogen) atoms. The molecule has 3 aromatic heterocycles. The van der Waals surface area contributed by atoms with E-state index in [4.69, 9.17) is 4.98 Å². The van der Waals surface area contributed by atoms with Crippen molar-refractivity contribution in [2.24, 2.45) is 0 Å². The molecule has 0 N–H and O–H groups in total. The van der Waals surface area contributed by atoms with Crippen LogP contribution in [0.2, 0.25) is 0 Å². The third-order valence-electron chi connectivity index (χ3n) is 9.96. The highest BCUT2D eigenvalue weighted by Crippen LogP contribution is 2.41. The van der Waals surface area contributed by atoms with E-state index in [0.717, 1.165) is 27.9 Å². The first-order chi connectivity index (χ1) is 24.8. The topological polar surface area (TPSA) is 22.8 Å². The van der Waals surface area contributed by atoms with Crippen molar-refractivity contribution < 1.29 is 0 Å². The SMILES string of the molecule is c1ccc(-c2cccc(-n3c4ccccc4c4c(-c5ccc6c7cccnc7n(-c7cccc(-c8ccccc8)c7)c6c5)cccc43)c2)cc1. The molecule has 3 nitrogen and oxygen atoms in total. The van der Waals surface area contributed by atoms with Crippen molar-refractivity contribution in [3.63, 3.8) is 0 Å². The van der Waals surface area contributed by atoms with Gasteiger partial charge in [-0.2, -0.15) is 0 Å². The van der Waals surface area contributed by atoms with E-state index in [-0.39, 0.29) is 0 Å². The first-order valence-corrected chi connectivity index (χ1v) is 17.1. The van der Waals surface area contributed by atoms with Crippen LogP contribution in [0, 0.1) is 0 Å². The van der Waals surface area contributed by atoms with Crippen molar-refractivity contribution in [3.05, 3.63) is 188 Å². The van der Waals surface area contributed by atoms with Gasteiger partial charge in [-0.25, -0.2) is 4.98 Å². The molecule has 0 unspecified atom stereocenters. The van der Waals surface area contributed by atoms with E-state index in [1.54, 1.807) is 0 Å². The average molecular weight is 638 g/mol. The highest BCUT2D eigenvalue weighted by Gasteiger charge is 2.19. The molecule has 0 saturated carbocycles. The lowest BCUT2D eigenvalue weighted by atomic mass is 9.98. The Balaban J connectivity index is 1.20. The number of pyridine rings is 1. The van der Waals surface area contributed by atoms with Crippen molar-refractivity contribution in [2.75, 3.05) is 0 Å². The van der Waals surface area contributed by atoms with Gasteiger partial charge < -0.3 is 4.57 Å². The lowest BCUT2D eigenvalue weighted by Crippen LogP contribution is -1.96. The van der Waals surface area contributed by atoms with Crippen LogP contribution in [0.1, 0.15) is 0 Å². The van der Waals surface area contributed by atoms with Gasteiger partial charge in [0.2, 0.25) is 0 Å². The van der Waals surface area contributed by atoms with E-state index in [9.17, 15) is 0 Å². The predicted octanol–water partition coefficient (Wildman–Crippen LogP) is 12.3. The monoisotopic (exact) mass is 637 g/mol. The smallest absolute Gasteiger partial charge is 0.145 e. The Kier molecular flexibility index (Phi) is 6.49. The van der Waals surface area contributed by atoms with Gasteiger partial charge in [-0.05, 0) is 88.0 Å². The maximum absolute atomic E-state index is 4.92. The number of benzene rings is 7. The number of para-hydroxylation sites is 1. The maximum atomic E-state index is 4.92. The number of rotatable bonds is 5. The third kappa shape index (κ3) is 4.48. The lowest BCUT2D eigenvalue weighted by molar-refractivity contribution is 1.14. The van der Waals surface area contributed by atoms with Gasteiger partial charge in [0, 0.05) is 39.1 Å². The van der Waals surface area contributed by atoms with Gasteiger partial charge in [0.05, 0.1) is 16.6 Å². The van der Waals surface area contributed by atoms with Crippen molar-refractivity contribution in [3.8, 4) is 44.8 Å². The summed E-state index contributed by atoms with van der Waals surface area (Å²) in [6.45, 7) is 0. The average Bonchev–Trinajstić information content (AvgIpc) is 3.71. The molecule has 0 atom stereocenters. The van der Waals surface area contributed by atoms with Crippen LogP contribution in [0.5, 0.6) is 0 Å². The normalized spacial score (nSPS) is 11.6. The minimum absolute atomic E-state index is 0.956. The molecule has 0 radical (unpaired) electrons. The Morgan fingerprint density at radius 2 is 0.940 bits per heavy atom. The standard InChI is InChI=1S/C47H31N3/c1-3-13-32(14-4-1)34-17-9-19-37(29-34)49-43-24-8-7-21-42(43)46-39(22-11-25-44(46)49)36-26-27-40-41-23-12-28-48-47(41)50(45(40)31-36)38-20-10-18-35(30-38)33-15-5-2-6-16-33/h1-31H. The summed E-state index contributed by atoms with van der Waals surface area (Å²) in [4.78, 5) is 4.92. The first-order valence-electron chi connectivity index (χ1n) is 17.1. The van der Waals surface area contributed by atoms with E-state index in [0.29, 0.717) is 0 Å². The largest absolute Gasteiger partial charge is 0.309 e. The number of hydrogen-bond acceptors (Lipinski definition) is 1. The zero-order valence-corrected chi connectivity index (χ0v) is 27.2. The number of aromatic nitrogens is 3. The summed E-state index contributed by atoms with van der Waals surface area (Å²) < 4.78 is 4.73.